The molecule has 0 aliphatic carbocycles. The van der Waals surface area contributed by atoms with Gasteiger partial charge >= 0.3 is 7.82 Å². The van der Waals surface area contributed by atoms with Crippen LogP contribution in [0.4, 0.5) is 0 Å². The fourth-order valence-electron chi connectivity index (χ4n) is 10.5. The van der Waals surface area contributed by atoms with Crippen molar-refractivity contribution in [3.8, 4) is 0 Å². The van der Waals surface area contributed by atoms with Crippen LogP contribution >= 0.6 is 7.82 Å². The van der Waals surface area contributed by atoms with Crippen LogP contribution in [0.15, 0.2) is 36.5 Å². The van der Waals surface area contributed by atoms with Crippen LogP contribution in [0.5, 0.6) is 0 Å². The maximum atomic E-state index is 13.1. The molecule has 0 saturated carbocycles. The van der Waals surface area contributed by atoms with E-state index in [-0.39, 0.29) is 19.1 Å². The van der Waals surface area contributed by atoms with Crippen molar-refractivity contribution in [1.29, 1.82) is 0 Å². The molecule has 0 bridgehead atoms. The molecular weight excluding hydrogens is 984 g/mol. The number of quaternary nitrogens is 1. The van der Waals surface area contributed by atoms with Crippen molar-refractivity contribution in [1.82, 2.24) is 5.32 Å². The Labute approximate surface area is 487 Å². The maximum Gasteiger partial charge on any atom is 0.472 e. The molecule has 78 heavy (non-hydrogen) atoms. The van der Waals surface area contributed by atoms with E-state index >= 15 is 0 Å². The van der Waals surface area contributed by atoms with Gasteiger partial charge in [-0.25, -0.2) is 4.57 Å². The van der Waals surface area contributed by atoms with E-state index in [1.807, 2.05) is 21.1 Å². The van der Waals surface area contributed by atoms with Crippen LogP contribution in [0.1, 0.15) is 348 Å². The zero-order valence-corrected chi connectivity index (χ0v) is 53.8. The summed E-state index contributed by atoms with van der Waals surface area (Å²) in [4.78, 5) is 23.4. The molecule has 0 aromatic carbocycles. The van der Waals surface area contributed by atoms with E-state index in [0.717, 1.165) is 51.4 Å². The van der Waals surface area contributed by atoms with Crippen LogP contribution in [0, 0.1) is 0 Å². The lowest BCUT2D eigenvalue weighted by atomic mass is 10.0. The number of aliphatic hydroxyl groups is 1. The fraction of sp³-hybridized carbons (Fsp3) is 0.899. The van der Waals surface area contributed by atoms with Crippen LogP contribution in [0.25, 0.3) is 0 Å². The highest BCUT2D eigenvalue weighted by atomic mass is 31.2. The molecule has 462 valence electrons. The number of phosphoric ester groups is 1. The smallest absolute Gasteiger partial charge is 0.391 e. The lowest BCUT2D eigenvalue weighted by molar-refractivity contribution is -0.870. The number of unbranched alkanes of at least 4 members (excludes halogenated alkanes) is 45. The SMILES string of the molecule is CCCCCCC/C=C\C/C=C\C/C=C\CCCCCCCCCCCCCCCCCCCCC(=O)NC(COP(=O)(O)OCC[N+](C)(C)C)C(O)CCCCCCCCCCCCCCCCCCCCCCCCC. The third-order valence-electron chi connectivity index (χ3n) is 15.9. The molecule has 0 aromatic heterocycles. The van der Waals surface area contributed by atoms with E-state index in [9.17, 15) is 19.4 Å². The van der Waals surface area contributed by atoms with Crippen molar-refractivity contribution in [3.63, 3.8) is 0 Å². The summed E-state index contributed by atoms with van der Waals surface area (Å²) in [5.74, 6) is -0.138. The second-order valence-electron chi connectivity index (χ2n) is 24.9. The van der Waals surface area contributed by atoms with Crippen LogP contribution in [0.3, 0.4) is 0 Å². The van der Waals surface area contributed by atoms with Crippen LogP contribution in [-0.4, -0.2) is 73.4 Å². The summed E-state index contributed by atoms with van der Waals surface area (Å²) in [5, 5.41) is 14.1. The molecule has 0 aliphatic heterocycles. The molecule has 0 aliphatic rings. The first-order chi connectivity index (χ1) is 38.0. The van der Waals surface area contributed by atoms with Crippen molar-refractivity contribution in [2.45, 2.75) is 360 Å². The van der Waals surface area contributed by atoms with Gasteiger partial charge < -0.3 is 19.8 Å². The van der Waals surface area contributed by atoms with Gasteiger partial charge in [-0.15, -0.1) is 0 Å². The van der Waals surface area contributed by atoms with Gasteiger partial charge in [0.05, 0.1) is 39.9 Å². The number of hydrogen-bond donors (Lipinski definition) is 3. The topological polar surface area (TPSA) is 105 Å². The third kappa shape index (κ3) is 62.3. The molecule has 0 aromatic rings. The normalized spacial score (nSPS) is 13.9. The van der Waals surface area contributed by atoms with Crippen molar-refractivity contribution >= 4 is 13.7 Å². The summed E-state index contributed by atoms with van der Waals surface area (Å²) >= 11 is 0. The first kappa shape index (κ1) is 76.7. The molecule has 8 nitrogen and oxygen atoms in total. The van der Waals surface area contributed by atoms with Gasteiger partial charge in [0.1, 0.15) is 13.2 Å². The van der Waals surface area contributed by atoms with E-state index in [0.29, 0.717) is 23.9 Å². The molecule has 0 heterocycles. The molecule has 0 fully saturated rings. The number of aliphatic hydroxyl groups excluding tert-OH is 1. The van der Waals surface area contributed by atoms with Crippen molar-refractivity contribution in [3.05, 3.63) is 36.5 Å². The van der Waals surface area contributed by atoms with Crippen LogP contribution in [-0.2, 0) is 18.4 Å². The molecular formula is C69H136N2O6P+. The van der Waals surface area contributed by atoms with Crippen molar-refractivity contribution in [2.75, 3.05) is 40.9 Å². The quantitative estimate of drug-likeness (QED) is 0.0243. The maximum absolute atomic E-state index is 13.1. The zero-order valence-electron chi connectivity index (χ0n) is 52.9. The van der Waals surface area contributed by atoms with Gasteiger partial charge in [0, 0.05) is 6.42 Å². The minimum atomic E-state index is -4.33. The monoisotopic (exact) mass is 1120 g/mol. The van der Waals surface area contributed by atoms with E-state index < -0.39 is 20.0 Å². The minimum absolute atomic E-state index is 0.0766. The number of nitrogens with zero attached hydrogens (tertiary/aromatic N) is 1. The first-order valence-electron chi connectivity index (χ1n) is 34.4. The summed E-state index contributed by atoms with van der Waals surface area (Å²) in [6.45, 7) is 4.93. The van der Waals surface area contributed by atoms with Gasteiger partial charge in [0.25, 0.3) is 0 Å². The fourth-order valence-corrected chi connectivity index (χ4v) is 11.3. The van der Waals surface area contributed by atoms with Gasteiger partial charge in [0.2, 0.25) is 5.91 Å². The summed E-state index contributed by atoms with van der Waals surface area (Å²) in [5.41, 5.74) is 0. The Morgan fingerprint density at radius 2 is 0.731 bits per heavy atom. The second-order valence-corrected chi connectivity index (χ2v) is 26.4. The van der Waals surface area contributed by atoms with Gasteiger partial charge in [-0.3, -0.25) is 13.8 Å². The Morgan fingerprint density at radius 1 is 0.436 bits per heavy atom. The minimum Gasteiger partial charge on any atom is -0.391 e. The van der Waals surface area contributed by atoms with Crippen molar-refractivity contribution in [2.24, 2.45) is 0 Å². The van der Waals surface area contributed by atoms with Gasteiger partial charge in [-0.05, 0) is 51.4 Å². The number of rotatable bonds is 64. The Hall–Kier alpha value is -1.28. The molecule has 3 atom stereocenters. The summed E-state index contributed by atoms with van der Waals surface area (Å²) in [6, 6.07) is -0.761. The predicted octanol–water partition coefficient (Wildman–Crippen LogP) is 21.7. The largest absolute Gasteiger partial charge is 0.472 e. The Bertz CT molecular complexity index is 1360. The molecule has 0 radical (unpaired) electrons. The number of allylic oxidation sites excluding steroid dienone is 6. The van der Waals surface area contributed by atoms with Crippen LogP contribution in [0.2, 0.25) is 0 Å². The third-order valence-corrected chi connectivity index (χ3v) is 16.9. The average molecular weight is 1120 g/mol. The van der Waals surface area contributed by atoms with E-state index in [4.69, 9.17) is 9.05 Å². The molecule has 9 heteroatoms. The highest BCUT2D eigenvalue weighted by molar-refractivity contribution is 7.47. The lowest BCUT2D eigenvalue weighted by Gasteiger charge is -2.26. The summed E-state index contributed by atoms with van der Waals surface area (Å²) < 4.78 is 23.9. The number of nitrogens with one attached hydrogen (secondary N) is 1. The van der Waals surface area contributed by atoms with E-state index in [2.05, 4.69) is 55.6 Å². The summed E-state index contributed by atoms with van der Waals surface area (Å²) in [7, 11) is 1.63. The Balaban J connectivity index is 4.01. The number of carbonyl (C=O) groups excluding carboxylic acids is 1. The molecule has 0 spiro atoms. The predicted molar refractivity (Wildman–Crippen MR) is 341 cm³/mol. The molecule has 0 saturated heterocycles. The Morgan fingerprint density at radius 3 is 1.06 bits per heavy atom. The Kier molecular flexibility index (Phi) is 59.3. The van der Waals surface area contributed by atoms with Gasteiger partial charge in [-0.2, -0.15) is 0 Å². The number of likely N-dealkylation sites (N-methyl/N-ethyl adjacent to an activating group) is 1. The molecule has 3 N–H and O–H groups in total. The lowest BCUT2D eigenvalue weighted by Crippen LogP contribution is -2.46. The molecule has 0 rings (SSSR count). The van der Waals surface area contributed by atoms with Gasteiger partial charge in [0.15, 0.2) is 0 Å². The van der Waals surface area contributed by atoms with E-state index in [1.54, 1.807) is 0 Å². The zero-order chi connectivity index (χ0) is 57.0. The second kappa shape index (κ2) is 60.3. The van der Waals surface area contributed by atoms with Crippen molar-refractivity contribution < 1.29 is 32.9 Å². The summed E-state index contributed by atoms with van der Waals surface area (Å²) in [6.07, 6.45) is 79.5. The molecule has 1 amide bonds. The highest BCUT2D eigenvalue weighted by Gasteiger charge is 2.28. The standard InChI is InChI=1S/C69H135N2O6P/c1-6-8-10-12-14-16-18-20-22-24-26-28-30-31-32-33-34-35-36-37-38-39-41-43-45-47-49-51-53-55-57-59-61-63-69(73)70-67(66-77-78(74,75)76-65-64-71(3,4)5)68(72)62-60-58-56-54-52-50-48-46-44-42-40-29-27-25-23-21-19-17-15-13-11-9-7-2/h18,20,24,26,30-31,67-68,72H,6-17,19,21-23,25,27-29,32-66H2,1-5H3,(H-,70,73,74,75)/p+1/b20-18-,26-24-,31-30-. The van der Waals surface area contributed by atoms with Crippen LogP contribution < -0.4 is 5.32 Å². The van der Waals surface area contributed by atoms with Gasteiger partial charge in [-0.1, -0.05) is 326 Å². The first-order valence-corrected chi connectivity index (χ1v) is 35.8. The number of amides is 1. The number of hydrogen-bond acceptors (Lipinski definition) is 5. The molecule has 3 unspecified atom stereocenters. The van der Waals surface area contributed by atoms with E-state index in [1.165, 1.54) is 270 Å². The number of phosphoric acid groups is 1. The highest BCUT2D eigenvalue weighted by Crippen LogP contribution is 2.43. The average Bonchev–Trinajstić information content (AvgIpc) is 3.41. The number of carbonyl (C=O) groups is 1.